The first-order chi connectivity index (χ1) is 9.51. The Bertz CT molecular complexity index is 634. The van der Waals surface area contributed by atoms with Gasteiger partial charge in [0, 0.05) is 30.7 Å². The van der Waals surface area contributed by atoms with Crippen molar-refractivity contribution in [3.63, 3.8) is 0 Å². The summed E-state index contributed by atoms with van der Waals surface area (Å²) in [5.74, 6) is -1.41. The molecular formula is C12H14N4O3S. The predicted molar refractivity (Wildman–Crippen MR) is 73.5 cm³/mol. The van der Waals surface area contributed by atoms with Crippen molar-refractivity contribution in [3.05, 3.63) is 23.5 Å². The third-order valence-corrected chi connectivity index (χ3v) is 3.56. The molecule has 0 atom stereocenters. The fourth-order valence-corrected chi connectivity index (χ4v) is 2.46. The molecule has 1 N–H and O–H groups in total. The van der Waals surface area contributed by atoms with Crippen molar-refractivity contribution in [2.75, 3.05) is 13.1 Å². The van der Waals surface area contributed by atoms with E-state index in [1.54, 1.807) is 30.2 Å². The number of aryl methyl sites for hydroxylation is 1. The summed E-state index contributed by atoms with van der Waals surface area (Å²) in [5.41, 5.74) is 1.09. The molecule has 0 aliphatic heterocycles. The third kappa shape index (κ3) is 3.02. The van der Waals surface area contributed by atoms with E-state index in [0.29, 0.717) is 11.6 Å². The summed E-state index contributed by atoms with van der Waals surface area (Å²) in [6, 6.07) is 0. The number of hydrogen-bond acceptors (Lipinski definition) is 5. The van der Waals surface area contributed by atoms with Crippen LogP contribution in [0.15, 0.2) is 17.8 Å². The first kappa shape index (κ1) is 14.2. The minimum Gasteiger partial charge on any atom is -0.480 e. The topological polar surface area (TPSA) is 88.3 Å². The molecule has 0 unspecified atom stereocenters. The maximum absolute atomic E-state index is 12.1. The number of carbonyl (C=O) groups excluding carboxylic acids is 1. The Balaban J connectivity index is 2.19. The van der Waals surface area contributed by atoms with Crippen LogP contribution in [0.5, 0.6) is 0 Å². The fourth-order valence-electron chi connectivity index (χ4n) is 1.69. The second kappa shape index (κ2) is 5.83. The first-order valence-corrected chi connectivity index (χ1v) is 6.84. The summed E-state index contributed by atoms with van der Waals surface area (Å²) in [5, 5.41) is 15.1. The number of aliphatic carboxylic acids is 1. The zero-order chi connectivity index (χ0) is 14.7. The van der Waals surface area contributed by atoms with E-state index in [0.717, 1.165) is 5.56 Å². The lowest BCUT2D eigenvalue weighted by atomic mass is 10.3. The first-order valence-electron chi connectivity index (χ1n) is 5.97. The number of carbonyl (C=O) groups is 2. The molecule has 0 spiro atoms. The molecule has 0 saturated heterocycles. The highest BCUT2D eigenvalue weighted by atomic mass is 32.1. The highest BCUT2D eigenvalue weighted by molar-refractivity contribution is 7.13. The molecule has 2 heterocycles. The van der Waals surface area contributed by atoms with Crippen LogP contribution in [0.3, 0.4) is 0 Å². The largest absolute Gasteiger partial charge is 0.480 e. The lowest BCUT2D eigenvalue weighted by Crippen LogP contribution is -2.35. The van der Waals surface area contributed by atoms with E-state index in [-0.39, 0.29) is 18.1 Å². The Kier molecular flexibility index (Phi) is 4.14. The van der Waals surface area contributed by atoms with E-state index in [9.17, 15) is 9.59 Å². The van der Waals surface area contributed by atoms with Crippen LogP contribution >= 0.6 is 11.3 Å². The van der Waals surface area contributed by atoms with Crippen LogP contribution in [0.1, 0.15) is 17.4 Å². The van der Waals surface area contributed by atoms with Crippen molar-refractivity contribution < 1.29 is 14.7 Å². The van der Waals surface area contributed by atoms with Gasteiger partial charge < -0.3 is 10.0 Å². The van der Waals surface area contributed by atoms with Gasteiger partial charge in [-0.1, -0.05) is 0 Å². The monoisotopic (exact) mass is 294 g/mol. The quantitative estimate of drug-likeness (QED) is 0.891. The molecule has 2 aromatic rings. The van der Waals surface area contributed by atoms with Gasteiger partial charge in [0.15, 0.2) is 0 Å². The number of carboxylic acid groups (broad SMARTS) is 1. The molecule has 8 heteroatoms. The van der Waals surface area contributed by atoms with Crippen LogP contribution in [-0.4, -0.2) is 49.7 Å². The third-order valence-electron chi connectivity index (χ3n) is 2.67. The zero-order valence-corrected chi connectivity index (χ0v) is 11.9. The SMILES string of the molecule is CCN(CC(=O)O)C(=O)c1csc(-c2cnn(C)c2)n1. The maximum atomic E-state index is 12.1. The minimum atomic E-state index is -1.04. The van der Waals surface area contributed by atoms with Gasteiger partial charge >= 0.3 is 5.97 Å². The van der Waals surface area contributed by atoms with E-state index in [2.05, 4.69) is 10.1 Å². The number of amides is 1. The van der Waals surface area contributed by atoms with Crippen LogP contribution in [0.25, 0.3) is 10.6 Å². The minimum absolute atomic E-state index is 0.261. The van der Waals surface area contributed by atoms with Crippen LogP contribution in [0.2, 0.25) is 0 Å². The van der Waals surface area contributed by atoms with Crippen molar-refractivity contribution in [1.82, 2.24) is 19.7 Å². The molecule has 0 aliphatic carbocycles. The number of thiazole rings is 1. The molecule has 0 fully saturated rings. The van der Waals surface area contributed by atoms with E-state index >= 15 is 0 Å². The molecule has 7 nitrogen and oxygen atoms in total. The summed E-state index contributed by atoms with van der Waals surface area (Å²) in [6.07, 6.45) is 3.48. The van der Waals surface area contributed by atoms with E-state index < -0.39 is 5.97 Å². The fraction of sp³-hybridized carbons (Fsp3) is 0.333. The van der Waals surface area contributed by atoms with Gasteiger partial charge in [0.05, 0.1) is 6.20 Å². The van der Waals surface area contributed by atoms with E-state index in [1.165, 1.54) is 16.2 Å². The summed E-state index contributed by atoms with van der Waals surface area (Å²) >= 11 is 1.33. The van der Waals surface area contributed by atoms with E-state index in [4.69, 9.17) is 5.11 Å². The van der Waals surface area contributed by atoms with Crippen molar-refractivity contribution in [2.45, 2.75) is 6.92 Å². The second-order valence-electron chi connectivity index (χ2n) is 4.15. The predicted octanol–water partition coefficient (Wildman–Crippen LogP) is 1.09. The van der Waals surface area contributed by atoms with Crippen molar-refractivity contribution in [2.24, 2.45) is 7.05 Å². The number of likely N-dealkylation sites (N-methyl/N-ethyl adjacent to an activating group) is 1. The number of carboxylic acids is 1. The standard InChI is InChI=1S/C12H14N4O3S/c1-3-16(6-10(17)18)12(19)9-7-20-11(14-9)8-4-13-15(2)5-8/h4-5,7H,3,6H2,1-2H3,(H,17,18). The van der Waals surface area contributed by atoms with Gasteiger partial charge in [0.25, 0.3) is 5.91 Å². The van der Waals surface area contributed by atoms with Crippen molar-refractivity contribution in [3.8, 4) is 10.6 Å². The molecule has 0 saturated carbocycles. The highest BCUT2D eigenvalue weighted by Crippen LogP contribution is 2.23. The molecule has 1 amide bonds. The Labute approximate surface area is 119 Å². The molecule has 0 bridgehead atoms. The second-order valence-corrected chi connectivity index (χ2v) is 5.01. The number of rotatable bonds is 5. The normalized spacial score (nSPS) is 10.5. The van der Waals surface area contributed by atoms with Crippen LogP contribution in [0, 0.1) is 0 Å². The summed E-state index contributed by atoms with van der Waals surface area (Å²) in [7, 11) is 1.80. The van der Waals surface area contributed by atoms with Gasteiger partial charge in [0.1, 0.15) is 17.2 Å². The summed E-state index contributed by atoms with van der Waals surface area (Å²) in [6.45, 7) is 1.73. The van der Waals surface area contributed by atoms with Crippen LogP contribution in [0.4, 0.5) is 0 Å². The Morgan fingerprint density at radius 3 is 2.80 bits per heavy atom. The molecule has 2 aromatic heterocycles. The highest BCUT2D eigenvalue weighted by Gasteiger charge is 2.20. The average molecular weight is 294 g/mol. The smallest absolute Gasteiger partial charge is 0.323 e. The Morgan fingerprint density at radius 1 is 1.50 bits per heavy atom. The lowest BCUT2D eigenvalue weighted by Gasteiger charge is -2.16. The lowest BCUT2D eigenvalue weighted by molar-refractivity contribution is -0.137. The number of nitrogens with zero attached hydrogens (tertiary/aromatic N) is 4. The Morgan fingerprint density at radius 2 is 2.25 bits per heavy atom. The molecule has 0 aliphatic rings. The Hall–Kier alpha value is -2.22. The zero-order valence-electron chi connectivity index (χ0n) is 11.1. The molecule has 0 radical (unpaired) electrons. The van der Waals surface area contributed by atoms with Gasteiger partial charge in [-0.05, 0) is 6.92 Å². The van der Waals surface area contributed by atoms with E-state index in [1.807, 2.05) is 6.20 Å². The van der Waals surface area contributed by atoms with Gasteiger partial charge in [-0.3, -0.25) is 14.3 Å². The van der Waals surface area contributed by atoms with Crippen LogP contribution < -0.4 is 0 Å². The molecule has 106 valence electrons. The summed E-state index contributed by atoms with van der Waals surface area (Å²) < 4.78 is 1.65. The molecule has 2 rings (SSSR count). The number of hydrogen-bond donors (Lipinski definition) is 1. The molecule has 0 aromatic carbocycles. The van der Waals surface area contributed by atoms with Gasteiger partial charge in [-0.2, -0.15) is 5.10 Å². The molecular weight excluding hydrogens is 280 g/mol. The van der Waals surface area contributed by atoms with Gasteiger partial charge in [-0.25, -0.2) is 4.98 Å². The molecule has 20 heavy (non-hydrogen) atoms. The maximum Gasteiger partial charge on any atom is 0.323 e. The average Bonchev–Trinajstić information content (AvgIpc) is 3.03. The van der Waals surface area contributed by atoms with Crippen molar-refractivity contribution in [1.29, 1.82) is 0 Å². The number of aromatic nitrogens is 3. The summed E-state index contributed by atoms with van der Waals surface area (Å²) in [4.78, 5) is 28.3. The van der Waals surface area contributed by atoms with Gasteiger partial charge in [0.2, 0.25) is 0 Å². The van der Waals surface area contributed by atoms with Crippen molar-refractivity contribution >= 4 is 23.2 Å². The van der Waals surface area contributed by atoms with Gasteiger partial charge in [-0.15, -0.1) is 11.3 Å². The van der Waals surface area contributed by atoms with Crippen LogP contribution in [-0.2, 0) is 11.8 Å².